The second-order valence-corrected chi connectivity index (χ2v) is 5.56. The first kappa shape index (κ1) is 14.7. The minimum absolute atomic E-state index is 0.114. The maximum Gasteiger partial charge on any atom is 0.251 e. The van der Waals surface area contributed by atoms with E-state index in [1.165, 1.54) is 11.8 Å². The van der Waals surface area contributed by atoms with E-state index in [0.29, 0.717) is 5.16 Å². The molecule has 0 saturated heterocycles. The highest BCUT2D eigenvalue weighted by Gasteiger charge is 2.11. The van der Waals surface area contributed by atoms with Gasteiger partial charge in [-0.2, -0.15) is 0 Å². The van der Waals surface area contributed by atoms with Gasteiger partial charge in [-0.15, -0.1) is 0 Å². The number of aromatic nitrogens is 3. The van der Waals surface area contributed by atoms with Crippen LogP contribution in [-0.4, -0.2) is 15.0 Å². The Kier molecular flexibility index (Phi) is 4.92. The first-order valence-electron chi connectivity index (χ1n) is 6.58. The molecule has 106 valence electrons. The maximum atomic E-state index is 11.6. The summed E-state index contributed by atoms with van der Waals surface area (Å²) in [7, 11) is 0. The molecule has 0 spiro atoms. The molecule has 0 aliphatic carbocycles. The minimum atomic E-state index is -0.135. The second-order valence-electron chi connectivity index (χ2n) is 4.58. The summed E-state index contributed by atoms with van der Waals surface area (Å²) in [5.74, 6) is 0. The van der Waals surface area contributed by atoms with E-state index in [4.69, 9.17) is 5.73 Å². The van der Waals surface area contributed by atoms with E-state index in [1.807, 2.05) is 19.1 Å². The minimum Gasteiger partial charge on any atom is -0.324 e. The highest BCUT2D eigenvalue weighted by molar-refractivity contribution is 7.99. The van der Waals surface area contributed by atoms with E-state index in [2.05, 4.69) is 21.9 Å². The van der Waals surface area contributed by atoms with Crippen molar-refractivity contribution >= 4 is 11.8 Å². The van der Waals surface area contributed by atoms with Crippen molar-refractivity contribution in [2.24, 2.45) is 5.73 Å². The van der Waals surface area contributed by atoms with Crippen molar-refractivity contribution in [2.45, 2.75) is 42.9 Å². The van der Waals surface area contributed by atoms with Crippen LogP contribution < -0.4 is 11.3 Å². The summed E-state index contributed by atoms with van der Waals surface area (Å²) in [5, 5.41) is 1.33. The van der Waals surface area contributed by atoms with Crippen LogP contribution in [0.2, 0.25) is 0 Å². The zero-order chi connectivity index (χ0) is 14.5. The van der Waals surface area contributed by atoms with Crippen molar-refractivity contribution in [2.75, 3.05) is 0 Å². The van der Waals surface area contributed by atoms with E-state index in [0.717, 1.165) is 29.1 Å². The Balaban J connectivity index is 2.32. The molecule has 2 rings (SSSR count). The average molecular weight is 290 g/mol. The van der Waals surface area contributed by atoms with Gasteiger partial charge in [0.15, 0.2) is 5.16 Å². The van der Waals surface area contributed by atoms with Gasteiger partial charge in [0.2, 0.25) is 0 Å². The number of pyridine rings is 1. The monoisotopic (exact) mass is 290 g/mol. The number of hydrogen-bond acceptors (Lipinski definition) is 5. The molecule has 0 bridgehead atoms. The second kappa shape index (κ2) is 6.67. The Bertz CT molecular complexity index is 639. The smallest absolute Gasteiger partial charge is 0.251 e. The summed E-state index contributed by atoms with van der Waals surface area (Å²) in [5.41, 5.74) is 7.54. The fourth-order valence-corrected chi connectivity index (χ4v) is 2.83. The molecule has 0 unspecified atom stereocenters. The van der Waals surface area contributed by atoms with Crippen LogP contribution in [0, 0.1) is 0 Å². The lowest BCUT2D eigenvalue weighted by atomic mass is 10.2. The van der Waals surface area contributed by atoms with Crippen LogP contribution in [0.3, 0.4) is 0 Å². The first-order chi connectivity index (χ1) is 9.60. The normalized spacial score (nSPS) is 12.3. The molecule has 2 heterocycles. The highest BCUT2D eigenvalue weighted by Crippen LogP contribution is 2.28. The van der Waals surface area contributed by atoms with Crippen molar-refractivity contribution < 1.29 is 0 Å². The van der Waals surface area contributed by atoms with Crippen molar-refractivity contribution in [1.29, 1.82) is 0 Å². The van der Waals surface area contributed by atoms with Crippen LogP contribution in [0.15, 0.2) is 39.4 Å². The molecule has 0 fully saturated rings. The molecule has 0 aliphatic heterocycles. The molecule has 2 aromatic rings. The van der Waals surface area contributed by atoms with Crippen molar-refractivity contribution in [3.05, 3.63) is 46.0 Å². The van der Waals surface area contributed by atoms with Crippen LogP contribution in [0.1, 0.15) is 37.6 Å². The number of nitrogens with zero attached hydrogens (tertiary/aromatic N) is 2. The predicted octanol–water partition coefficient (Wildman–Crippen LogP) is 2.29. The van der Waals surface area contributed by atoms with Gasteiger partial charge in [0.25, 0.3) is 5.56 Å². The average Bonchev–Trinajstić information content (AvgIpc) is 2.38. The SMILES string of the molecule is CCCc1cc(=O)[nH]c(Sc2ncccc2[C@@H](C)N)n1. The van der Waals surface area contributed by atoms with E-state index in [-0.39, 0.29) is 11.6 Å². The number of aryl methyl sites for hydroxylation is 1. The van der Waals surface area contributed by atoms with Crippen molar-refractivity contribution in [3.8, 4) is 0 Å². The van der Waals surface area contributed by atoms with Gasteiger partial charge in [-0.25, -0.2) is 9.97 Å². The molecule has 5 nitrogen and oxygen atoms in total. The fraction of sp³-hybridized carbons (Fsp3) is 0.357. The van der Waals surface area contributed by atoms with Crippen molar-refractivity contribution in [1.82, 2.24) is 15.0 Å². The van der Waals surface area contributed by atoms with Crippen LogP contribution in [0.25, 0.3) is 0 Å². The fourth-order valence-electron chi connectivity index (χ4n) is 1.84. The predicted molar refractivity (Wildman–Crippen MR) is 79.8 cm³/mol. The lowest BCUT2D eigenvalue weighted by Gasteiger charge is -2.10. The molecule has 0 aliphatic rings. The van der Waals surface area contributed by atoms with Gasteiger partial charge in [-0.3, -0.25) is 4.79 Å². The number of hydrogen-bond donors (Lipinski definition) is 2. The zero-order valence-corrected chi connectivity index (χ0v) is 12.4. The summed E-state index contributed by atoms with van der Waals surface area (Å²) in [6.45, 7) is 3.97. The summed E-state index contributed by atoms with van der Waals surface area (Å²) in [6.07, 6.45) is 3.46. The first-order valence-corrected chi connectivity index (χ1v) is 7.40. The van der Waals surface area contributed by atoms with E-state index >= 15 is 0 Å². The van der Waals surface area contributed by atoms with Gasteiger partial charge < -0.3 is 10.7 Å². The standard InChI is InChI=1S/C14H18N4OS/c1-3-5-10-8-12(19)18-14(17-10)20-13-11(9(2)15)6-4-7-16-13/h4,6-9H,3,5,15H2,1-2H3,(H,17,18,19)/t9-/m1/s1. The molecule has 1 atom stereocenters. The van der Waals surface area contributed by atoms with Crippen molar-refractivity contribution in [3.63, 3.8) is 0 Å². The molecule has 0 radical (unpaired) electrons. The van der Waals surface area contributed by atoms with Crippen LogP contribution in [0.4, 0.5) is 0 Å². The molecule has 2 aromatic heterocycles. The molecule has 3 N–H and O–H groups in total. The summed E-state index contributed by atoms with van der Waals surface area (Å²) in [4.78, 5) is 23.1. The third kappa shape index (κ3) is 3.68. The van der Waals surface area contributed by atoms with E-state index in [1.54, 1.807) is 12.3 Å². The molecule has 0 saturated carbocycles. The topological polar surface area (TPSA) is 84.7 Å². The molecule has 0 amide bonds. The number of aromatic amines is 1. The van der Waals surface area contributed by atoms with Crippen LogP contribution in [0.5, 0.6) is 0 Å². The third-order valence-electron chi connectivity index (χ3n) is 2.76. The summed E-state index contributed by atoms with van der Waals surface area (Å²) >= 11 is 1.34. The molecule has 20 heavy (non-hydrogen) atoms. The van der Waals surface area contributed by atoms with Crippen LogP contribution >= 0.6 is 11.8 Å². The largest absolute Gasteiger partial charge is 0.324 e. The number of H-pyrrole nitrogens is 1. The number of rotatable bonds is 5. The highest BCUT2D eigenvalue weighted by atomic mass is 32.2. The van der Waals surface area contributed by atoms with Gasteiger partial charge in [0.05, 0.1) is 0 Å². The maximum absolute atomic E-state index is 11.6. The van der Waals surface area contributed by atoms with Crippen LogP contribution in [-0.2, 0) is 6.42 Å². The Morgan fingerprint density at radius 3 is 3.00 bits per heavy atom. The number of nitrogens with one attached hydrogen (secondary N) is 1. The zero-order valence-electron chi connectivity index (χ0n) is 11.6. The van der Waals surface area contributed by atoms with Gasteiger partial charge in [-0.05, 0) is 31.2 Å². The Morgan fingerprint density at radius 1 is 1.50 bits per heavy atom. The third-order valence-corrected chi connectivity index (χ3v) is 3.68. The molecular formula is C14H18N4OS. The lowest BCUT2D eigenvalue weighted by Crippen LogP contribution is -2.11. The summed E-state index contributed by atoms with van der Waals surface area (Å²) in [6, 6.07) is 5.22. The lowest BCUT2D eigenvalue weighted by molar-refractivity contribution is 0.775. The summed E-state index contributed by atoms with van der Waals surface area (Å²) < 4.78 is 0. The van der Waals surface area contributed by atoms with Gasteiger partial charge >= 0.3 is 0 Å². The Labute approximate surface area is 122 Å². The van der Waals surface area contributed by atoms with E-state index in [9.17, 15) is 4.79 Å². The molecule has 0 aromatic carbocycles. The van der Waals surface area contributed by atoms with Gasteiger partial charge in [0, 0.05) is 29.6 Å². The molecular weight excluding hydrogens is 272 g/mol. The quantitative estimate of drug-likeness (QED) is 0.825. The Hall–Kier alpha value is -1.66. The number of nitrogens with two attached hydrogens (primary N) is 1. The Morgan fingerprint density at radius 2 is 2.30 bits per heavy atom. The van der Waals surface area contributed by atoms with Gasteiger partial charge in [-0.1, -0.05) is 19.4 Å². The van der Waals surface area contributed by atoms with Gasteiger partial charge in [0.1, 0.15) is 5.03 Å². The molecule has 6 heteroatoms. The van der Waals surface area contributed by atoms with E-state index < -0.39 is 0 Å².